The fourth-order valence-corrected chi connectivity index (χ4v) is 2.90. The van der Waals surface area contributed by atoms with Crippen LogP contribution in [-0.2, 0) is 4.79 Å². The summed E-state index contributed by atoms with van der Waals surface area (Å²) in [6.07, 6.45) is 1.71. The Balaban J connectivity index is 2.40. The molecule has 0 fully saturated rings. The summed E-state index contributed by atoms with van der Waals surface area (Å²) in [5, 5.41) is 0.260. The first-order valence-electron chi connectivity index (χ1n) is 5.24. The van der Waals surface area contributed by atoms with Gasteiger partial charge in [0.25, 0.3) is 5.91 Å². The van der Waals surface area contributed by atoms with Crippen molar-refractivity contribution < 1.29 is 14.3 Å². The zero-order chi connectivity index (χ0) is 14.0. The van der Waals surface area contributed by atoms with Gasteiger partial charge in [0.2, 0.25) is 0 Å². The Morgan fingerprint density at radius 3 is 2.63 bits per heavy atom. The molecule has 1 amide bonds. The molecule has 0 saturated carbocycles. The number of hydrogen-bond acceptors (Lipinski definition) is 5. The summed E-state index contributed by atoms with van der Waals surface area (Å²) < 4.78 is 11.2. The van der Waals surface area contributed by atoms with Gasteiger partial charge in [-0.15, -0.1) is 0 Å². The maximum Gasteiger partial charge on any atom is 0.286 e. The van der Waals surface area contributed by atoms with Crippen LogP contribution in [0.1, 0.15) is 5.56 Å². The molecule has 0 atom stereocenters. The average molecular weight is 343 g/mol. The van der Waals surface area contributed by atoms with E-state index in [0.29, 0.717) is 16.4 Å². The van der Waals surface area contributed by atoms with E-state index in [4.69, 9.17) is 15.2 Å². The summed E-state index contributed by atoms with van der Waals surface area (Å²) in [6, 6.07) is 3.61. The van der Waals surface area contributed by atoms with Crippen molar-refractivity contribution in [3.05, 3.63) is 27.1 Å². The maximum absolute atomic E-state index is 11.5. The molecule has 0 aliphatic carbocycles. The van der Waals surface area contributed by atoms with Crippen LogP contribution in [0.3, 0.4) is 0 Å². The highest BCUT2D eigenvalue weighted by molar-refractivity contribution is 9.10. The van der Waals surface area contributed by atoms with Crippen molar-refractivity contribution in [1.29, 1.82) is 0 Å². The van der Waals surface area contributed by atoms with Crippen LogP contribution in [0.15, 0.2) is 26.5 Å². The number of nitrogens with zero attached hydrogens (tertiary/aromatic N) is 1. The van der Waals surface area contributed by atoms with Gasteiger partial charge in [0.05, 0.1) is 23.6 Å². The topological polar surface area (TPSA) is 73.9 Å². The molecule has 2 rings (SSSR count). The lowest BCUT2D eigenvalue weighted by Crippen LogP contribution is -2.01. The molecule has 1 heterocycles. The number of aliphatic imine (C=N–C) groups is 1. The minimum Gasteiger partial charge on any atom is -0.493 e. The van der Waals surface area contributed by atoms with E-state index in [9.17, 15) is 4.79 Å². The van der Waals surface area contributed by atoms with Crippen LogP contribution in [0, 0.1) is 0 Å². The highest BCUT2D eigenvalue weighted by atomic mass is 79.9. The van der Waals surface area contributed by atoms with Crippen LogP contribution in [0.25, 0.3) is 6.08 Å². The van der Waals surface area contributed by atoms with Crippen LogP contribution >= 0.6 is 27.7 Å². The van der Waals surface area contributed by atoms with Crippen LogP contribution in [-0.4, -0.2) is 25.3 Å². The summed E-state index contributed by atoms with van der Waals surface area (Å²) in [4.78, 5) is 15.7. The van der Waals surface area contributed by atoms with E-state index in [0.717, 1.165) is 21.8 Å². The second kappa shape index (κ2) is 5.66. The van der Waals surface area contributed by atoms with E-state index in [1.807, 2.05) is 6.07 Å². The highest BCUT2D eigenvalue weighted by Gasteiger charge is 2.20. The maximum atomic E-state index is 11.5. The van der Waals surface area contributed by atoms with Gasteiger partial charge in [-0.2, -0.15) is 4.99 Å². The minimum absolute atomic E-state index is 0.260. The van der Waals surface area contributed by atoms with Gasteiger partial charge in [0.1, 0.15) is 0 Å². The molecule has 1 aliphatic heterocycles. The van der Waals surface area contributed by atoms with Crippen molar-refractivity contribution in [3.8, 4) is 11.5 Å². The number of halogens is 1. The molecule has 19 heavy (non-hydrogen) atoms. The Morgan fingerprint density at radius 2 is 2.11 bits per heavy atom. The molecule has 5 nitrogen and oxygen atoms in total. The smallest absolute Gasteiger partial charge is 0.286 e. The highest BCUT2D eigenvalue weighted by Crippen LogP contribution is 2.37. The van der Waals surface area contributed by atoms with E-state index in [1.54, 1.807) is 26.4 Å². The molecule has 0 unspecified atom stereocenters. The Hall–Kier alpha value is -1.47. The number of amides is 1. The third kappa shape index (κ3) is 2.93. The lowest BCUT2D eigenvalue weighted by Gasteiger charge is -2.10. The molecule has 1 aliphatic rings. The number of ether oxygens (including phenoxy) is 2. The number of carbonyl (C=O) groups excluding carboxylic acids is 1. The van der Waals surface area contributed by atoms with E-state index in [1.165, 1.54) is 0 Å². The number of methoxy groups -OCH3 is 2. The number of carbonyl (C=O) groups is 1. The van der Waals surface area contributed by atoms with Crippen LogP contribution in [0.2, 0.25) is 0 Å². The SMILES string of the molecule is COc1cc(/C=C2/SC(N)=NC2=O)cc(Br)c1OC. The Labute approximate surface area is 123 Å². The number of thioether (sulfide) groups is 1. The lowest BCUT2D eigenvalue weighted by atomic mass is 10.2. The molecule has 0 bridgehead atoms. The standard InChI is InChI=1S/C12H11BrN2O3S/c1-17-8-4-6(3-7(13)10(8)18-2)5-9-11(16)15-12(14)19-9/h3-5H,1-2H3,(H2,14,15,16)/b9-5+. The van der Waals surface area contributed by atoms with E-state index in [2.05, 4.69) is 20.9 Å². The number of benzene rings is 1. The number of amidine groups is 1. The van der Waals surface area contributed by atoms with E-state index >= 15 is 0 Å². The normalized spacial score (nSPS) is 16.7. The van der Waals surface area contributed by atoms with Gasteiger partial charge >= 0.3 is 0 Å². The van der Waals surface area contributed by atoms with Gasteiger partial charge in [-0.1, -0.05) is 0 Å². The Kier molecular flexibility index (Phi) is 4.16. The summed E-state index contributed by atoms with van der Waals surface area (Å²) >= 11 is 4.55. The molecule has 7 heteroatoms. The van der Waals surface area contributed by atoms with Crippen molar-refractivity contribution in [1.82, 2.24) is 0 Å². The first kappa shape index (κ1) is 14.0. The number of hydrogen-bond donors (Lipinski definition) is 1. The molecule has 100 valence electrons. The predicted octanol–water partition coefficient (Wildman–Crippen LogP) is 2.40. The van der Waals surface area contributed by atoms with Gasteiger partial charge < -0.3 is 15.2 Å². The fraction of sp³-hybridized carbons (Fsp3) is 0.167. The monoisotopic (exact) mass is 342 g/mol. The first-order valence-corrected chi connectivity index (χ1v) is 6.85. The number of nitrogens with two attached hydrogens (primary N) is 1. The summed E-state index contributed by atoms with van der Waals surface area (Å²) in [5.41, 5.74) is 6.29. The van der Waals surface area contributed by atoms with Crippen LogP contribution in [0.5, 0.6) is 11.5 Å². The molecular formula is C12H11BrN2O3S. The molecule has 0 aromatic heterocycles. The van der Waals surface area contributed by atoms with Gasteiger partial charge in [-0.05, 0) is 51.5 Å². The fourth-order valence-electron chi connectivity index (χ4n) is 1.60. The van der Waals surface area contributed by atoms with Gasteiger partial charge in [0, 0.05) is 0 Å². The van der Waals surface area contributed by atoms with Gasteiger partial charge in [0.15, 0.2) is 16.7 Å². The predicted molar refractivity (Wildman–Crippen MR) is 79.4 cm³/mol. The molecule has 0 spiro atoms. The third-order valence-corrected chi connectivity index (χ3v) is 3.79. The van der Waals surface area contributed by atoms with Crippen molar-refractivity contribution >= 4 is 44.8 Å². The quantitative estimate of drug-likeness (QED) is 0.853. The second-order valence-electron chi connectivity index (χ2n) is 3.60. The largest absolute Gasteiger partial charge is 0.493 e. The molecule has 1 aromatic carbocycles. The van der Waals surface area contributed by atoms with Crippen LogP contribution < -0.4 is 15.2 Å². The van der Waals surface area contributed by atoms with Crippen molar-refractivity contribution in [2.45, 2.75) is 0 Å². The molecule has 1 aromatic rings. The van der Waals surface area contributed by atoms with Gasteiger partial charge in [-0.3, -0.25) is 4.79 Å². The van der Waals surface area contributed by atoms with Gasteiger partial charge in [-0.25, -0.2) is 0 Å². The Morgan fingerprint density at radius 1 is 1.37 bits per heavy atom. The molecule has 0 radical (unpaired) electrons. The van der Waals surface area contributed by atoms with Crippen molar-refractivity contribution in [2.75, 3.05) is 14.2 Å². The first-order chi connectivity index (χ1) is 9.05. The van der Waals surface area contributed by atoms with E-state index in [-0.39, 0.29) is 11.1 Å². The minimum atomic E-state index is -0.326. The third-order valence-electron chi connectivity index (χ3n) is 2.39. The molecular weight excluding hydrogens is 332 g/mol. The Bertz CT molecular complexity index is 599. The zero-order valence-corrected chi connectivity index (χ0v) is 12.7. The zero-order valence-electron chi connectivity index (χ0n) is 10.3. The summed E-state index contributed by atoms with van der Waals surface area (Å²) in [5.74, 6) is 0.854. The van der Waals surface area contributed by atoms with Crippen molar-refractivity contribution in [2.24, 2.45) is 10.7 Å². The van der Waals surface area contributed by atoms with E-state index < -0.39 is 0 Å². The number of rotatable bonds is 3. The summed E-state index contributed by atoms with van der Waals surface area (Å²) in [6.45, 7) is 0. The molecule has 0 saturated heterocycles. The lowest BCUT2D eigenvalue weighted by molar-refractivity contribution is -0.113. The van der Waals surface area contributed by atoms with Crippen LogP contribution in [0.4, 0.5) is 0 Å². The second-order valence-corrected chi connectivity index (χ2v) is 5.52. The summed E-state index contributed by atoms with van der Waals surface area (Å²) in [7, 11) is 3.11. The van der Waals surface area contributed by atoms with Crippen molar-refractivity contribution in [3.63, 3.8) is 0 Å². The average Bonchev–Trinajstić information content (AvgIpc) is 2.67. The molecule has 2 N–H and O–H groups in total.